The first-order valence-electron chi connectivity index (χ1n) is 7.53. The number of hydrogen-bond donors (Lipinski definition) is 2. The van der Waals surface area contributed by atoms with Gasteiger partial charge in [-0.15, -0.1) is 0 Å². The Bertz CT molecular complexity index is 627. The standard InChI is InChI=1S/C19H23NO2/c1-14-4-8-16(9-5-14)12-13-19(3,22)18(21)20-17-10-6-15(2)7-11-17/h4-11,22H,12-13H2,1-3H3,(H,20,21)/t19-/m1/s1. The fourth-order valence-electron chi connectivity index (χ4n) is 2.16. The van der Waals surface area contributed by atoms with Crippen LogP contribution in [-0.4, -0.2) is 16.6 Å². The predicted molar refractivity (Wildman–Crippen MR) is 89.9 cm³/mol. The van der Waals surface area contributed by atoms with E-state index in [2.05, 4.69) is 5.32 Å². The van der Waals surface area contributed by atoms with Gasteiger partial charge in [-0.3, -0.25) is 4.79 Å². The van der Waals surface area contributed by atoms with Gasteiger partial charge in [0, 0.05) is 5.69 Å². The summed E-state index contributed by atoms with van der Waals surface area (Å²) in [4.78, 5) is 12.2. The van der Waals surface area contributed by atoms with Gasteiger partial charge in [-0.25, -0.2) is 0 Å². The Labute approximate surface area is 132 Å². The summed E-state index contributed by atoms with van der Waals surface area (Å²) in [6.45, 7) is 5.59. The Morgan fingerprint density at radius 1 is 1.00 bits per heavy atom. The third-order valence-corrected chi connectivity index (χ3v) is 3.82. The number of benzene rings is 2. The molecule has 0 aliphatic rings. The zero-order valence-corrected chi connectivity index (χ0v) is 13.4. The van der Waals surface area contributed by atoms with Gasteiger partial charge in [-0.2, -0.15) is 0 Å². The van der Waals surface area contributed by atoms with Gasteiger partial charge in [0.1, 0.15) is 5.60 Å². The van der Waals surface area contributed by atoms with Gasteiger partial charge in [0.25, 0.3) is 5.91 Å². The van der Waals surface area contributed by atoms with E-state index in [9.17, 15) is 9.90 Å². The molecule has 0 spiro atoms. The van der Waals surface area contributed by atoms with Crippen LogP contribution in [0.1, 0.15) is 30.0 Å². The van der Waals surface area contributed by atoms with Crippen molar-refractivity contribution in [3.05, 3.63) is 65.2 Å². The average Bonchev–Trinajstić information content (AvgIpc) is 2.49. The normalized spacial score (nSPS) is 13.5. The zero-order chi connectivity index (χ0) is 16.2. The van der Waals surface area contributed by atoms with Crippen LogP contribution >= 0.6 is 0 Å². The van der Waals surface area contributed by atoms with Crippen molar-refractivity contribution >= 4 is 11.6 Å². The van der Waals surface area contributed by atoms with Crippen LogP contribution in [0.15, 0.2) is 48.5 Å². The quantitative estimate of drug-likeness (QED) is 0.885. The lowest BCUT2D eigenvalue weighted by atomic mass is 9.95. The summed E-state index contributed by atoms with van der Waals surface area (Å²) in [7, 11) is 0. The number of hydrogen-bond acceptors (Lipinski definition) is 2. The average molecular weight is 297 g/mol. The maximum absolute atomic E-state index is 12.2. The Balaban J connectivity index is 1.95. The lowest BCUT2D eigenvalue weighted by Gasteiger charge is -2.22. The summed E-state index contributed by atoms with van der Waals surface area (Å²) in [6, 6.07) is 15.7. The highest BCUT2D eigenvalue weighted by atomic mass is 16.3. The smallest absolute Gasteiger partial charge is 0.256 e. The predicted octanol–water partition coefficient (Wildman–Crippen LogP) is 3.63. The summed E-state index contributed by atoms with van der Waals surface area (Å²) in [6.07, 6.45) is 1.04. The molecule has 1 amide bonds. The molecule has 1 atom stereocenters. The molecule has 0 aliphatic carbocycles. The van der Waals surface area contributed by atoms with E-state index in [1.165, 1.54) is 5.56 Å². The molecule has 0 fully saturated rings. The SMILES string of the molecule is Cc1ccc(CC[C@@](C)(O)C(=O)Nc2ccc(C)cc2)cc1. The van der Waals surface area contributed by atoms with Crippen molar-refractivity contribution in [3.8, 4) is 0 Å². The number of amides is 1. The van der Waals surface area contributed by atoms with Crippen LogP contribution in [0.5, 0.6) is 0 Å². The number of anilines is 1. The Morgan fingerprint density at radius 3 is 2.05 bits per heavy atom. The monoisotopic (exact) mass is 297 g/mol. The maximum atomic E-state index is 12.2. The second-order valence-corrected chi connectivity index (χ2v) is 6.08. The molecule has 2 N–H and O–H groups in total. The fraction of sp³-hybridized carbons (Fsp3) is 0.316. The molecule has 0 aliphatic heterocycles. The number of aliphatic hydroxyl groups is 1. The topological polar surface area (TPSA) is 49.3 Å². The molecular weight excluding hydrogens is 274 g/mol. The summed E-state index contributed by atoms with van der Waals surface area (Å²) in [5, 5.41) is 13.2. The van der Waals surface area contributed by atoms with E-state index in [1.807, 2.05) is 62.4 Å². The van der Waals surface area contributed by atoms with Crippen LogP contribution in [0.3, 0.4) is 0 Å². The number of nitrogens with one attached hydrogen (secondary N) is 1. The summed E-state index contributed by atoms with van der Waals surface area (Å²) in [5.41, 5.74) is 2.76. The minimum atomic E-state index is -1.39. The molecule has 2 aromatic rings. The number of rotatable bonds is 5. The Morgan fingerprint density at radius 2 is 1.50 bits per heavy atom. The molecule has 0 aromatic heterocycles. The van der Waals surface area contributed by atoms with E-state index < -0.39 is 5.60 Å². The lowest BCUT2D eigenvalue weighted by molar-refractivity contribution is -0.132. The van der Waals surface area contributed by atoms with E-state index in [4.69, 9.17) is 0 Å². The highest BCUT2D eigenvalue weighted by molar-refractivity contribution is 5.96. The molecule has 0 saturated heterocycles. The zero-order valence-electron chi connectivity index (χ0n) is 13.4. The van der Waals surface area contributed by atoms with Crippen molar-refractivity contribution < 1.29 is 9.90 Å². The lowest BCUT2D eigenvalue weighted by Crippen LogP contribution is -2.40. The van der Waals surface area contributed by atoms with Crippen LogP contribution in [0.25, 0.3) is 0 Å². The molecule has 22 heavy (non-hydrogen) atoms. The third-order valence-electron chi connectivity index (χ3n) is 3.82. The van der Waals surface area contributed by atoms with Crippen molar-refractivity contribution in [2.45, 2.75) is 39.2 Å². The van der Waals surface area contributed by atoms with Gasteiger partial charge in [0.05, 0.1) is 0 Å². The first kappa shape index (κ1) is 16.2. The van der Waals surface area contributed by atoms with Crippen LogP contribution in [0, 0.1) is 13.8 Å². The minimum Gasteiger partial charge on any atom is -0.380 e. The molecule has 3 nitrogen and oxygen atoms in total. The Kier molecular flexibility index (Phi) is 4.99. The van der Waals surface area contributed by atoms with E-state index >= 15 is 0 Å². The van der Waals surface area contributed by atoms with E-state index in [-0.39, 0.29) is 5.91 Å². The van der Waals surface area contributed by atoms with Gasteiger partial charge >= 0.3 is 0 Å². The largest absolute Gasteiger partial charge is 0.380 e. The first-order chi connectivity index (χ1) is 10.4. The van der Waals surface area contributed by atoms with E-state index in [0.717, 1.165) is 11.1 Å². The molecule has 3 heteroatoms. The maximum Gasteiger partial charge on any atom is 0.256 e. The Hall–Kier alpha value is -2.13. The molecule has 0 unspecified atom stereocenters. The second-order valence-electron chi connectivity index (χ2n) is 6.08. The molecule has 0 bridgehead atoms. The summed E-state index contributed by atoms with van der Waals surface area (Å²) in [5.74, 6) is -0.372. The highest BCUT2D eigenvalue weighted by Crippen LogP contribution is 2.18. The van der Waals surface area contributed by atoms with Crippen molar-refractivity contribution in [1.29, 1.82) is 0 Å². The van der Waals surface area contributed by atoms with Crippen molar-refractivity contribution in [3.63, 3.8) is 0 Å². The van der Waals surface area contributed by atoms with Gasteiger partial charge in [0.15, 0.2) is 0 Å². The van der Waals surface area contributed by atoms with E-state index in [1.54, 1.807) is 6.92 Å². The van der Waals surface area contributed by atoms with Crippen molar-refractivity contribution in [1.82, 2.24) is 0 Å². The number of aryl methyl sites for hydroxylation is 3. The van der Waals surface area contributed by atoms with E-state index in [0.29, 0.717) is 18.5 Å². The van der Waals surface area contributed by atoms with Crippen molar-refractivity contribution in [2.24, 2.45) is 0 Å². The number of carbonyl (C=O) groups is 1. The van der Waals surface area contributed by atoms with Gasteiger partial charge in [-0.1, -0.05) is 47.5 Å². The van der Waals surface area contributed by atoms with Crippen LogP contribution in [0.2, 0.25) is 0 Å². The van der Waals surface area contributed by atoms with Gasteiger partial charge in [-0.05, 0) is 51.3 Å². The van der Waals surface area contributed by atoms with Gasteiger partial charge < -0.3 is 10.4 Å². The van der Waals surface area contributed by atoms with Crippen LogP contribution in [-0.2, 0) is 11.2 Å². The van der Waals surface area contributed by atoms with Crippen molar-refractivity contribution in [2.75, 3.05) is 5.32 Å². The third kappa shape index (κ3) is 4.43. The second kappa shape index (κ2) is 6.75. The summed E-state index contributed by atoms with van der Waals surface area (Å²) < 4.78 is 0. The first-order valence-corrected chi connectivity index (χ1v) is 7.53. The molecule has 0 radical (unpaired) electrons. The molecule has 116 valence electrons. The molecule has 0 heterocycles. The summed E-state index contributed by atoms with van der Waals surface area (Å²) >= 11 is 0. The van der Waals surface area contributed by atoms with Gasteiger partial charge in [0.2, 0.25) is 0 Å². The highest BCUT2D eigenvalue weighted by Gasteiger charge is 2.29. The fourth-order valence-corrected chi connectivity index (χ4v) is 2.16. The number of carbonyl (C=O) groups excluding carboxylic acids is 1. The molecular formula is C19H23NO2. The molecule has 0 saturated carbocycles. The van der Waals surface area contributed by atoms with Crippen LogP contribution in [0.4, 0.5) is 5.69 Å². The molecule has 2 aromatic carbocycles. The minimum absolute atomic E-state index is 0.372. The van der Waals surface area contributed by atoms with Crippen LogP contribution < -0.4 is 5.32 Å². The molecule has 2 rings (SSSR count).